The molecular formula is C15H28BNO6. The summed E-state index contributed by atoms with van der Waals surface area (Å²) in [6.45, 7) is 4.28. The van der Waals surface area contributed by atoms with Crippen LogP contribution < -0.4 is 5.32 Å². The Balaban J connectivity index is 2.61. The third kappa shape index (κ3) is 6.12. The van der Waals surface area contributed by atoms with Gasteiger partial charge in [0.15, 0.2) is 6.10 Å². The van der Waals surface area contributed by atoms with E-state index in [-0.39, 0.29) is 43.1 Å². The number of hydrogen-bond acceptors (Lipinski definition) is 6. The van der Waals surface area contributed by atoms with Crippen LogP contribution in [0.5, 0.6) is 0 Å². The van der Waals surface area contributed by atoms with Gasteiger partial charge in [-0.3, -0.25) is 9.59 Å². The molecule has 0 aromatic carbocycles. The molecule has 8 heteroatoms. The molecule has 0 aliphatic carbocycles. The molecule has 0 aromatic rings. The Morgan fingerprint density at radius 1 is 1.30 bits per heavy atom. The van der Waals surface area contributed by atoms with Crippen molar-refractivity contribution in [2.75, 3.05) is 20.8 Å². The standard InChI is InChI=1S/C15H28BNO6/c1-5-10-13(23-12(19)7-6-11(18)17-3)14(15(16)22-10)21-8-9(2)20-4/h9-10,13-15H,5-8,16H2,1-4H3,(H,17,18)/t9?,10-,13+,14?,15-/m1/s1. The van der Waals surface area contributed by atoms with Crippen LogP contribution in [0, 0.1) is 0 Å². The summed E-state index contributed by atoms with van der Waals surface area (Å²) >= 11 is 0. The zero-order valence-corrected chi connectivity index (χ0v) is 14.7. The van der Waals surface area contributed by atoms with Crippen molar-refractivity contribution in [2.24, 2.45) is 0 Å². The topological polar surface area (TPSA) is 83.1 Å². The minimum Gasteiger partial charge on any atom is -0.457 e. The molecule has 7 nitrogen and oxygen atoms in total. The Kier molecular flexibility index (Phi) is 8.58. The monoisotopic (exact) mass is 329 g/mol. The summed E-state index contributed by atoms with van der Waals surface area (Å²) in [6.07, 6.45) is -0.164. The first-order chi connectivity index (χ1) is 10.9. The lowest BCUT2D eigenvalue weighted by Gasteiger charge is -2.25. The van der Waals surface area contributed by atoms with Crippen LogP contribution in [0.2, 0.25) is 0 Å². The number of carbonyl (C=O) groups excluding carboxylic acids is 2. The molecule has 1 fully saturated rings. The van der Waals surface area contributed by atoms with Crippen molar-refractivity contribution in [3.05, 3.63) is 0 Å². The van der Waals surface area contributed by atoms with E-state index < -0.39 is 12.1 Å². The van der Waals surface area contributed by atoms with Crippen LogP contribution in [-0.2, 0) is 28.5 Å². The van der Waals surface area contributed by atoms with Gasteiger partial charge in [-0.25, -0.2) is 0 Å². The van der Waals surface area contributed by atoms with Crippen molar-refractivity contribution in [1.82, 2.24) is 5.32 Å². The van der Waals surface area contributed by atoms with Crippen LogP contribution in [0.1, 0.15) is 33.1 Å². The van der Waals surface area contributed by atoms with Crippen molar-refractivity contribution in [1.29, 1.82) is 0 Å². The number of amides is 1. The number of rotatable bonds is 9. The fourth-order valence-corrected chi connectivity index (χ4v) is 2.48. The molecule has 0 spiro atoms. The van der Waals surface area contributed by atoms with Crippen molar-refractivity contribution in [2.45, 2.75) is 63.5 Å². The van der Waals surface area contributed by atoms with Crippen LogP contribution in [0.25, 0.3) is 0 Å². The molecule has 1 amide bonds. The minimum atomic E-state index is -0.462. The molecule has 2 unspecified atom stereocenters. The zero-order chi connectivity index (χ0) is 17.4. The van der Waals surface area contributed by atoms with E-state index >= 15 is 0 Å². The number of hydrogen-bond donors (Lipinski definition) is 1. The van der Waals surface area contributed by atoms with E-state index in [9.17, 15) is 9.59 Å². The first-order valence-electron chi connectivity index (χ1n) is 8.12. The average Bonchev–Trinajstić information content (AvgIpc) is 2.85. The SMILES string of the molecule is B[C@@H]1O[C@H](CC)[C@H](OC(=O)CCC(=O)NC)C1OCC(C)OC. The van der Waals surface area contributed by atoms with Crippen molar-refractivity contribution >= 4 is 19.7 Å². The van der Waals surface area contributed by atoms with Crippen molar-refractivity contribution < 1.29 is 28.5 Å². The molecule has 1 heterocycles. The molecule has 1 rings (SSSR count). The lowest BCUT2D eigenvalue weighted by atomic mass is 9.92. The summed E-state index contributed by atoms with van der Waals surface area (Å²) in [4.78, 5) is 23.2. The van der Waals surface area contributed by atoms with Gasteiger partial charge in [0.1, 0.15) is 14.0 Å². The highest BCUT2D eigenvalue weighted by Gasteiger charge is 2.44. The Bertz CT molecular complexity index is 394. The predicted molar refractivity (Wildman–Crippen MR) is 86.9 cm³/mol. The van der Waals surface area contributed by atoms with E-state index in [4.69, 9.17) is 18.9 Å². The number of carbonyl (C=O) groups is 2. The molecule has 0 aromatic heterocycles. The van der Waals surface area contributed by atoms with Crippen molar-refractivity contribution in [3.63, 3.8) is 0 Å². The van der Waals surface area contributed by atoms with E-state index in [2.05, 4.69) is 5.32 Å². The van der Waals surface area contributed by atoms with E-state index in [0.717, 1.165) is 6.42 Å². The Morgan fingerprint density at radius 3 is 2.57 bits per heavy atom. The normalized spacial score (nSPS) is 28.3. The summed E-state index contributed by atoms with van der Waals surface area (Å²) in [7, 11) is 5.06. The van der Waals surface area contributed by atoms with Gasteiger partial charge < -0.3 is 24.3 Å². The van der Waals surface area contributed by atoms with Crippen LogP contribution in [-0.4, -0.2) is 70.9 Å². The lowest BCUT2D eigenvalue weighted by Crippen LogP contribution is -2.40. The largest absolute Gasteiger partial charge is 0.457 e. The van der Waals surface area contributed by atoms with Gasteiger partial charge in [-0.15, -0.1) is 0 Å². The molecule has 0 saturated carbocycles. The second-order valence-electron chi connectivity index (χ2n) is 5.76. The molecule has 1 aliphatic rings. The number of methoxy groups -OCH3 is 1. The summed E-state index contributed by atoms with van der Waals surface area (Å²) < 4.78 is 22.4. The molecular weight excluding hydrogens is 301 g/mol. The summed E-state index contributed by atoms with van der Waals surface area (Å²) in [5.74, 6) is -0.602. The smallest absolute Gasteiger partial charge is 0.306 e. The Labute approximate surface area is 138 Å². The molecule has 132 valence electrons. The average molecular weight is 329 g/mol. The molecule has 0 radical (unpaired) electrons. The van der Waals surface area contributed by atoms with Gasteiger partial charge >= 0.3 is 5.97 Å². The maximum Gasteiger partial charge on any atom is 0.306 e. The van der Waals surface area contributed by atoms with Gasteiger partial charge in [0.2, 0.25) is 5.91 Å². The quantitative estimate of drug-likeness (QED) is 0.458. The van der Waals surface area contributed by atoms with Gasteiger partial charge in [0, 0.05) is 20.6 Å². The summed E-state index contributed by atoms with van der Waals surface area (Å²) in [5.41, 5.74) is 0. The molecule has 1 saturated heterocycles. The highest BCUT2D eigenvalue weighted by Crippen LogP contribution is 2.27. The fourth-order valence-electron chi connectivity index (χ4n) is 2.48. The Morgan fingerprint density at radius 2 is 2.00 bits per heavy atom. The first kappa shape index (κ1) is 19.9. The number of esters is 1. The number of ether oxygens (including phenoxy) is 4. The predicted octanol–water partition coefficient (Wildman–Crippen LogP) is -0.387. The summed E-state index contributed by atoms with van der Waals surface area (Å²) in [5, 5.41) is 2.48. The second kappa shape index (κ2) is 9.90. The van der Waals surface area contributed by atoms with Gasteiger partial charge in [-0.05, 0) is 13.3 Å². The van der Waals surface area contributed by atoms with Crippen LogP contribution >= 0.6 is 0 Å². The first-order valence-corrected chi connectivity index (χ1v) is 8.12. The molecule has 0 bridgehead atoms. The van der Waals surface area contributed by atoms with E-state index in [1.54, 1.807) is 7.11 Å². The number of nitrogens with one attached hydrogen (secondary N) is 1. The summed E-state index contributed by atoms with van der Waals surface area (Å²) in [6, 6.07) is -0.166. The van der Waals surface area contributed by atoms with Crippen LogP contribution in [0.4, 0.5) is 0 Å². The molecule has 5 atom stereocenters. The van der Waals surface area contributed by atoms with Crippen molar-refractivity contribution in [3.8, 4) is 0 Å². The van der Waals surface area contributed by atoms with Gasteiger partial charge in [0.25, 0.3) is 0 Å². The molecule has 1 N–H and O–H groups in total. The third-order valence-corrected chi connectivity index (χ3v) is 3.97. The van der Waals surface area contributed by atoms with E-state index in [0.29, 0.717) is 6.61 Å². The highest BCUT2D eigenvalue weighted by atomic mass is 16.6. The van der Waals surface area contributed by atoms with Gasteiger partial charge in [0.05, 0.1) is 31.2 Å². The van der Waals surface area contributed by atoms with E-state index in [1.165, 1.54) is 7.05 Å². The Hall–Kier alpha value is -1.12. The van der Waals surface area contributed by atoms with Gasteiger partial charge in [-0.1, -0.05) is 6.92 Å². The lowest BCUT2D eigenvalue weighted by molar-refractivity contribution is -0.159. The second-order valence-corrected chi connectivity index (χ2v) is 5.76. The highest BCUT2D eigenvalue weighted by molar-refractivity contribution is 6.11. The molecule has 23 heavy (non-hydrogen) atoms. The van der Waals surface area contributed by atoms with Crippen LogP contribution in [0.3, 0.4) is 0 Å². The van der Waals surface area contributed by atoms with E-state index in [1.807, 2.05) is 21.7 Å². The zero-order valence-electron chi connectivity index (χ0n) is 14.7. The maximum atomic E-state index is 12.0. The third-order valence-electron chi connectivity index (χ3n) is 3.97. The van der Waals surface area contributed by atoms with Crippen LogP contribution in [0.15, 0.2) is 0 Å². The molecule has 1 aliphatic heterocycles. The minimum absolute atomic E-state index is 0.0438. The van der Waals surface area contributed by atoms with Gasteiger partial charge in [-0.2, -0.15) is 0 Å². The maximum absolute atomic E-state index is 12.0. The fraction of sp³-hybridized carbons (Fsp3) is 0.867.